The molecule has 0 saturated carbocycles. The van der Waals surface area contributed by atoms with E-state index in [9.17, 15) is 0 Å². The zero-order valence-corrected chi connectivity index (χ0v) is 14.5. The maximum Gasteiger partial charge on any atom is 0.250 e. The minimum atomic E-state index is 0.499. The molecule has 0 N–H and O–H groups in total. The Morgan fingerprint density at radius 3 is 2.36 bits per heavy atom. The fourth-order valence-electron chi connectivity index (χ4n) is 2.89. The zero-order valence-electron chi connectivity index (χ0n) is 14.5. The standard InChI is InChI=1S/C21H19N3O/c1-13(2)15-8-10-16(11-9-15)20-23-24-21(25-20)18-12-17-6-4-5-7-19(17)22-14(18)3/h4-13H,1-3H3. The van der Waals surface area contributed by atoms with Gasteiger partial charge in [0.05, 0.1) is 16.8 Å². The lowest BCUT2D eigenvalue weighted by molar-refractivity contribution is 0.584. The van der Waals surface area contributed by atoms with Crippen LogP contribution in [0.4, 0.5) is 0 Å². The second kappa shape index (κ2) is 6.13. The van der Waals surface area contributed by atoms with Crippen molar-refractivity contribution in [3.8, 4) is 22.9 Å². The van der Waals surface area contributed by atoms with E-state index in [0.29, 0.717) is 17.7 Å². The average molecular weight is 329 g/mol. The first kappa shape index (κ1) is 15.5. The second-order valence-corrected chi connectivity index (χ2v) is 6.50. The first-order valence-corrected chi connectivity index (χ1v) is 8.42. The van der Waals surface area contributed by atoms with Gasteiger partial charge in [-0.05, 0) is 42.7 Å². The molecule has 0 aliphatic carbocycles. The highest BCUT2D eigenvalue weighted by atomic mass is 16.4. The maximum atomic E-state index is 5.92. The second-order valence-electron chi connectivity index (χ2n) is 6.50. The van der Waals surface area contributed by atoms with Crippen molar-refractivity contribution < 1.29 is 4.42 Å². The van der Waals surface area contributed by atoms with E-state index < -0.39 is 0 Å². The number of benzene rings is 2. The molecule has 0 radical (unpaired) electrons. The van der Waals surface area contributed by atoms with Gasteiger partial charge in [-0.25, -0.2) is 0 Å². The van der Waals surface area contributed by atoms with Crippen LogP contribution in [-0.2, 0) is 0 Å². The Bertz CT molecular complexity index is 1030. The number of fused-ring (bicyclic) bond motifs is 1. The lowest BCUT2D eigenvalue weighted by Crippen LogP contribution is -1.89. The number of rotatable bonds is 3. The number of hydrogen-bond donors (Lipinski definition) is 0. The first-order valence-electron chi connectivity index (χ1n) is 8.42. The van der Waals surface area contributed by atoms with Crippen molar-refractivity contribution in [1.29, 1.82) is 0 Å². The van der Waals surface area contributed by atoms with Crippen molar-refractivity contribution >= 4 is 10.9 Å². The van der Waals surface area contributed by atoms with E-state index >= 15 is 0 Å². The summed E-state index contributed by atoms with van der Waals surface area (Å²) in [5, 5.41) is 9.50. The highest BCUT2D eigenvalue weighted by Crippen LogP contribution is 2.28. The van der Waals surface area contributed by atoms with E-state index in [0.717, 1.165) is 27.7 Å². The van der Waals surface area contributed by atoms with Crippen molar-refractivity contribution in [2.24, 2.45) is 0 Å². The molecule has 2 aromatic carbocycles. The van der Waals surface area contributed by atoms with Crippen LogP contribution in [0.15, 0.2) is 59.0 Å². The minimum Gasteiger partial charge on any atom is -0.416 e. The van der Waals surface area contributed by atoms with E-state index in [2.05, 4.69) is 47.2 Å². The van der Waals surface area contributed by atoms with Gasteiger partial charge in [0.15, 0.2) is 0 Å². The highest BCUT2D eigenvalue weighted by Gasteiger charge is 2.14. The molecule has 4 heteroatoms. The third-order valence-electron chi connectivity index (χ3n) is 4.39. The molecule has 0 bridgehead atoms. The molecule has 2 aromatic heterocycles. The lowest BCUT2D eigenvalue weighted by atomic mass is 10.0. The molecule has 25 heavy (non-hydrogen) atoms. The number of pyridine rings is 1. The Balaban J connectivity index is 1.72. The Morgan fingerprint density at radius 2 is 1.60 bits per heavy atom. The topological polar surface area (TPSA) is 51.8 Å². The van der Waals surface area contributed by atoms with Crippen LogP contribution in [0.1, 0.15) is 31.0 Å². The Labute approximate surface area is 146 Å². The third-order valence-corrected chi connectivity index (χ3v) is 4.39. The lowest BCUT2D eigenvalue weighted by Gasteiger charge is -2.05. The predicted molar refractivity (Wildman–Crippen MR) is 99.3 cm³/mol. The maximum absolute atomic E-state index is 5.92. The average Bonchev–Trinajstić information content (AvgIpc) is 3.11. The van der Waals surface area contributed by atoms with Crippen LogP contribution in [0.5, 0.6) is 0 Å². The van der Waals surface area contributed by atoms with E-state index in [1.807, 2.05) is 43.3 Å². The SMILES string of the molecule is Cc1nc2ccccc2cc1-c1nnc(-c2ccc(C(C)C)cc2)o1. The molecule has 0 spiro atoms. The van der Waals surface area contributed by atoms with Gasteiger partial charge in [0.1, 0.15) is 0 Å². The van der Waals surface area contributed by atoms with E-state index in [4.69, 9.17) is 4.42 Å². The summed E-state index contributed by atoms with van der Waals surface area (Å²) in [6.45, 7) is 6.31. The molecule has 4 nitrogen and oxygen atoms in total. The van der Waals surface area contributed by atoms with Gasteiger partial charge >= 0.3 is 0 Å². The van der Waals surface area contributed by atoms with Crippen LogP contribution < -0.4 is 0 Å². The van der Waals surface area contributed by atoms with Crippen LogP contribution in [0.25, 0.3) is 33.8 Å². The summed E-state index contributed by atoms with van der Waals surface area (Å²) in [6, 6.07) is 18.3. The van der Waals surface area contributed by atoms with Gasteiger partial charge in [0, 0.05) is 10.9 Å². The molecule has 124 valence electrons. The van der Waals surface area contributed by atoms with Gasteiger partial charge in [-0.3, -0.25) is 4.98 Å². The van der Waals surface area contributed by atoms with Crippen LogP contribution in [0.3, 0.4) is 0 Å². The van der Waals surface area contributed by atoms with Crippen LogP contribution >= 0.6 is 0 Å². The number of aryl methyl sites for hydroxylation is 1. The number of aromatic nitrogens is 3. The van der Waals surface area contributed by atoms with Gasteiger partial charge in [-0.1, -0.05) is 44.2 Å². The first-order chi connectivity index (χ1) is 12.1. The summed E-state index contributed by atoms with van der Waals surface area (Å²) in [4.78, 5) is 4.64. The van der Waals surface area contributed by atoms with Gasteiger partial charge in [0.2, 0.25) is 11.8 Å². The molecule has 0 amide bonds. The molecule has 0 atom stereocenters. The molecular weight excluding hydrogens is 310 g/mol. The number of nitrogens with zero attached hydrogens (tertiary/aromatic N) is 3. The monoisotopic (exact) mass is 329 g/mol. The molecule has 0 saturated heterocycles. The Kier molecular flexibility index (Phi) is 3.80. The van der Waals surface area contributed by atoms with Crippen molar-refractivity contribution in [3.05, 3.63) is 65.9 Å². The van der Waals surface area contributed by atoms with Gasteiger partial charge in [-0.15, -0.1) is 10.2 Å². The normalized spacial score (nSPS) is 11.4. The zero-order chi connectivity index (χ0) is 17.4. The summed E-state index contributed by atoms with van der Waals surface area (Å²) in [5.41, 5.74) is 4.93. The summed E-state index contributed by atoms with van der Waals surface area (Å²) in [6.07, 6.45) is 0. The van der Waals surface area contributed by atoms with Gasteiger partial charge in [0.25, 0.3) is 0 Å². The molecule has 4 rings (SSSR count). The van der Waals surface area contributed by atoms with Gasteiger partial charge in [-0.2, -0.15) is 0 Å². The molecular formula is C21H19N3O. The minimum absolute atomic E-state index is 0.499. The van der Waals surface area contributed by atoms with E-state index in [1.165, 1.54) is 5.56 Å². The molecule has 0 fully saturated rings. The van der Waals surface area contributed by atoms with Crippen molar-refractivity contribution in [2.75, 3.05) is 0 Å². The fraction of sp³-hybridized carbons (Fsp3) is 0.190. The number of para-hydroxylation sites is 1. The van der Waals surface area contributed by atoms with Crippen LogP contribution in [0.2, 0.25) is 0 Å². The van der Waals surface area contributed by atoms with Crippen molar-refractivity contribution in [2.45, 2.75) is 26.7 Å². The molecule has 0 unspecified atom stereocenters. The molecule has 2 heterocycles. The quantitative estimate of drug-likeness (QED) is 0.506. The van der Waals surface area contributed by atoms with Crippen LogP contribution in [0, 0.1) is 6.92 Å². The fourth-order valence-corrected chi connectivity index (χ4v) is 2.89. The number of hydrogen-bond acceptors (Lipinski definition) is 4. The van der Waals surface area contributed by atoms with Crippen molar-refractivity contribution in [3.63, 3.8) is 0 Å². The predicted octanol–water partition coefficient (Wildman–Crippen LogP) is 5.38. The van der Waals surface area contributed by atoms with Crippen LogP contribution in [-0.4, -0.2) is 15.2 Å². The molecule has 0 aliphatic heterocycles. The Hall–Kier alpha value is -3.01. The summed E-state index contributed by atoms with van der Waals surface area (Å²) in [5.74, 6) is 1.52. The highest BCUT2D eigenvalue weighted by molar-refractivity contribution is 5.83. The summed E-state index contributed by atoms with van der Waals surface area (Å²) >= 11 is 0. The largest absolute Gasteiger partial charge is 0.416 e. The molecule has 4 aromatic rings. The third kappa shape index (κ3) is 2.91. The Morgan fingerprint density at radius 1 is 0.880 bits per heavy atom. The smallest absolute Gasteiger partial charge is 0.250 e. The summed E-state index contributed by atoms with van der Waals surface area (Å²) < 4.78 is 5.92. The van der Waals surface area contributed by atoms with E-state index in [1.54, 1.807) is 0 Å². The van der Waals surface area contributed by atoms with Crippen molar-refractivity contribution in [1.82, 2.24) is 15.2 Å². The molecule has 0 aliphatic rings. The van der Waals surface area contributed by atoms with Gasteiger partial charge < -0.3 is 4.42 Å². The van der Waals surface area contributed by atoms with E-state index in [-0.39, 0.29) is 0 Å². The summed E-state index contributed by atoms with van der Waals surface area (Å²) in [7, 11) is 0.